The molecule has 2 atom stereocenters. The molecular weight excluding hydrogens is 212 g/mol. The Labute approximate surface area is 104 Å². The maximum absolute atomic E-state index is 5.30. The first kappa shape index (κ1) is 12.2. The van der Waals surface area contributed by atoms with Crippen LogP contribution in [-0.2, 0) is 0 Å². The molecule has 0 amide bonds. The number of rotatable bonds is 2. The summed E-state index contributed by atoms with van der Waals surface area (Å²) in [6, 6.07) is 9.44. The summed E-state index contributed by atoms with van der Waals surface area (Å²) in [5, 5.41) is 3.53. The zero-order chi connectivity index (χ0) is 12.3. The Balaban J connectivity index is 2.22. The Morgan fingerprint density at radius 2 is 2.18 bits per heavy atom. The Kier molecular flexibility index (Phi) is 3.89. The smallest absolute Gasteiger partial charge is 0.120 e. The predicted molar refractivity (Wildman–Crippen MR) is 71.9 cm³/mol. The second-order valence-electron chi connectivity index (χ2n) is 4.85. The third kappa shape index (κ3) is 2.91. The van der Waals surface area contributed by atoms with Crippen molar-refractivity contribution < 1.29 is 4.74 Å². The van der Waals surface area contributed by atoms with Crippen molar-refractivity contribution in [1.82, 2.24) is 5.32 Å². The molecule has 0 radical (unpaired) electrons. The number of nitrogens with one attached hydrogen (secondary N) is 1. The van der Waals surface area contributed by atoms with Crippen LogP contribution >= 0.6 is 0 Å². The molecule has 1 saturated heterocycles. The van der Waals surface area contributed by atoms with E-state index in [1.54, 1.807) is 7.11 Å². The number of ether oxygens (including phenoxy) is 1. The molecule has 1 heterocycles. The SMILES string of the molecule is COc1cccc(N2CC(C)NCCC2C)c1. The number of hydrogen-bond acceptors (Lipinski definition) is 3. The number of benzene rings is 1. The molecule has 2 rings (SSSR count). The van der Waals surface area contributed by atoms with Gasteiger partial charge in [-0.25, -0.2) is 0 Å². The first-order valence-electron chi connectivity index (χ1n) is 6.35. The summed E-state index contributed by atoms with van der Waals surface area (Å²) in [4.78, 5) is 2.47. The number of nitrogens with zero attached hydrogens (tertiary/aromatic N) is 1. The molecule has 1 aliphatic heterocycles. The molecule has 1 aromatic rings. The highest BCUT2D eigenvalue weighted by molar-refractivity contribution is 5.51. The Morgan fingerprint density at radius 3 is 2.94 bits per heavy atom. The van der Waals surface area contributed by atoms with E-state index in [-0.39, 0.29) is 0 Å². The zero-order valence-electron chi connectivity index (χ0n) is 10.9. The number of methoxy groups -OCH3 is 1. The van der Waals surface area contributed by atoms with Crippen molar-refractivity contribution in [3.63, 3.8) is 0 Å². The molecule has 0 aliphatic carbocycles. The molecule has 3 heteroatoms. The summed E-state index contributed by atoms with van der Waals surface area (Å²) in [5.41, 5.74) is 1.26. The van der Waals surface area contributed by atoms with Gasteiger partial charge >= 0.3 is 0 Å². The Morgan fingerprint density at radius 1 is 1.35 bits per heavy atom. The quantitative estimate of drug-likeness (QED) is 0.849. The minimum Gasteiger partial charge on any atom is -0.497 e. The molecule has 1 aromatic carbocycles. The third-order valence-electron chi connectivity index (χ3n) is 3.44. The lowest BCUT2D eigenvalue weighted by molar-refractivity contribution is 0.414. The van der Waals surface area contributed by atoms with Gasteiger partial charge < -0.3 is 15.0 Å². The summed E-state index contributed by atoms with van der Waals surface area (Å²) in [6.45, 7) is 6.68. The highest BCUT2D eigenvalue weighted by Gasteiger charge is 2.20. The largest absolute Gasteiger partial charge is 0.497 e. The van der Waals surface area contributed by atoms with Crippen molar-refractivity contribution in [2.24, 2.45) is 0 Å². The van der Waals surface area contributed by atoms with Gasteiger partial charge in [-0.15, -0.1) is 0 Å². The average Bonchev–Trinajstić information content (AvgIpc) is 2.51. The summed E-state index contributed by atoms with van der Waals surface area (Å²) in [7, 11) is 1.72. The summed E-state index contributed by atoms with van der Waals surface area (Å²) in [6.07, 6.45) is 1.18. The molecule has 3 nitrogen and oxygen atoms in total. The molecule has 1 aliphatic rings. The van der Waals surface area contributed by atoms with Crippen LogP contribution in [0.5, 0.6) is 5.75 Å². The molecule has 1 fully saturated rings. The monoisotopic (exact) mass is 234 g/mol. The molecule has 1 N–H and O–H groups in total. The standard InChI is InChI=1S/C14H22N2O/c1-11-10-16(12(2)7-8-15-11)13-5-4-6-14(9-13)17-3/h4-6,9,11-12,15H,7-8,10H2,1-3H3. The van der Waals surface area contributed by atoms with Gasteiger partial charge in [0.1, 0.15) is 5.75 Å². The van der Waals surface area contributed by atoms with Crippen molar-refractivity contribution >= 4 is 5.69 Å². The van der Waals surface area contributed by atoms with Crippen molar-refractivity contribution in [3.8, 4) is 5.75 Å². The molecule has 0 aromatic heterocycles. The molecule has 0 bridgehead atoms. The van der Waals surface area contributed by atoms with Crippen LogP contribution < -0.4 is 15.0 Å². The van der Waals surface area contributed by atoms with Gasteiger partial charge in [-0.1, -0.05) is 6.07 Å². The third-order valence-corrected chi connectivity index (χ3v) is 3.44. The highest BCUT2D eigenvalue weighted by Crippen LogP contribution is 2.24. The number of anilines is 1. The van der Waals surface area contributed by atoms with Crippen LogP contribution in [-0.4, -0.2) is 32.3 Å². The molecule has 0 spiro atoms. The molecule has 17 heavy (non-hydrogen) atoms. The van der Waals surface area contributed by atoms with Gasteiger partial charge in [0.05, 0.1) is 7.11 Å². The molecule has 94 valence electrons. The molecule has 2 unspecified atom stereocenters. The van der Waals surface area contributed by atoms with Crippen LogP contribution in [0.1, 0.15) is 20.3 Å². The predicted octanol–water partition coefficient (Wildman–Crippen LogP) is 2.27. The van der Waals surface area contributed by atoms with Crippen LogP contribution in [0.2, 0.25) is 0 Å². The topological polar surface area (TPSA) is 24.5 Å². The van der Waals surface area contributed by atoms with Crippen molar-refractivity contribution in [2.75, 3.05) is 25.1 Å². The molecule has 0 saturated carbocycles. The minimum absolute atomic E-state index is 0.533. The van der Waals surface area contributed by atoms with E-state index in [2.05, 4.69) is 42.3 Å². The van der Waals surface area contributed by atoms with Crippen LogP contribution in [0.25, 0.3) is 0 Å². The van der Waals surface area contributed by atoms with Crippen molar-refractivity contribution in [2.45, 2.75) is 32.4 Å². The Hall–Kier alpha value is -1.22. The van der Waals surface area contributed by atoms with Crippen molar-refractivity contribution in [1.29, 1.82) is 0 Å². The lowest BCUT2D eigenvalue weighted by atomic mass is 10.1. The van der Waals surface area contributed by atoms with Gasteiger partial charge in [-0.05, 0) is 38.9 Å². The van der Waals surface area contributed by atoms with Crippen molar-refractivity contribution in [3.05, 3.63) is 24.3 Å². The van der Waals surface area contributed by atoms with E-state index < -0.39 is 0 Å². The highest BCUT2D eigenvalue weighted by atomic mass is 16.5. The Bertz CT molecular complexity index is 367. The van der Waals surface area contributed by atoms with E-state index in [1.807, 2.05) is 6.07 Å². The van der Waals surface area contributed by atoms with Gasteiger partial charge in [-0.3, -0.25) is 0 Å². The lowest BCUT2D eigenvalue weighted by Crippen LogP contribution is -2.38. The van der Waals surface area contributed by atoms with E-state index in [1.165, 1.54) is 12.1 Å². The van der Waals surface area contributed by atoms with Gasteiger partial charge in [-0.2, -0.15) is 0 Å². The van der Waals surface area contributed by atoms with E-state index in [9.17, 15) is 0 Å². The average molecular weight is 234 g/mol. The van der Waals surface area contributed by atoms with Crippen LogP contribution in [0.4, 0.5) is 5.69 Å². The maximum atomic E-state index is 5.30. The first-order chi connectivity index (χ1) is 8.20. The van der Waals surface area contributed by atoms with E-state index in [0.29, 0.717) is 12.1 Å². The zero-order valence-corrected chi connectivity index (χ0v) is 10.9. The number of hydrogen-bond donors (Lipinski definition) is 1. The van der Waals surface area contributed by atoms with E-state index >= 15 is 0 Å². The van der Waals surface area contributed by atoms with Crippen LogP contribution in [0.15, 0.2) is 24.3 Å². The fraction of sp³-hybridized carbons (Fsp3) is 0.571. The summed E-state index contributed by atoms with van der Waals surface area (Å²) >= 11 is 0. The van der Waals surface area contributed by atoms with Gasteiger partial charge in [0, 0.05) is 30.4 Å². The molecular formula is C14H22N2O. The van der Waals surface area contributed by atoms with Gasteiger partial charge in [0.25, 0.3) is 0 Å². The summed E-state index contributed by atoms with van der Waals surface area (Å²) in [5.74, 6) is 0.930. The van der Waals surface area contributed by atoms with Crippen LogP contribution in [0, 0.1) is 0 Å². The van der Waals surface area contributed by atoms with Gasteiger partial charge in [0.2, 0.25) is 0 Å². The fourth-order valence-electron chi connectivity index (χ4n) is 2.38. The lowest BCUT2D eigenvalue weighted by Gasteiger charge is -2.30. The van der Waals surface area contributed by atoms with E-state index in [4.69, 9.17) is 4.74 Å². The van der Waals surface area contributed by atoms with E-state index in [0.717, 1.165) is 18.8 Å². The summed E-state index contributed by atoms with van der Waals surface area (Å²) < 4.78 is 5.30. The first-order valence-corrected chi connectivity index (χ1v) is 6.35. The van der Waals surface area contributed by atoms with Gasteiger partial charge in [0.15, 0.2) is 0 Å². The van der Waals surface area contributed by atoms with Crippen LogP contribution in [0.3, 0.4) is 0 Å². The normalized spacial score (nSPS) is 25.5. The maximum Gasteiger partial charge on any atom is 0.120 e. The second kappa shape index (κ2) is 5.41. The fourth-order valence-corrected chi connectivity index (χ4v) is 2.38. The minimum atomic E-state index is 0.533. The second-order valence-corrected chi connectivity index (χ2v) is 4.85.